The summed E-state index contributed by atoms with van der Waals surface area (Å²) < 4.78 is 5.35. The molecule has 3 rings (SSSR count). The van der Waals surface area contributed by atoms with Crippen molar-refractivity contribution in [1.29, 1.82) is 0 Å². The first kappa shape index (κ1) is 11.7. The fraction of sp³-hybridized carbons (Fsp3) is 0.200. The van der Waals surface area contributed by atoms with Crippen LogP contribution in [0.5, 0.6) is 0 Å². The second-order valence-corrected chi connectivity index (χ2v) is 5.06. The van der Waals surface area contributed by atoms with Crippen molar-refractivity contribution in [3.63, 3.8) is 0 Å². The number of carbonyl (C=O) groups excluding carboxylic acids is 1. The van der Waals surface area contributed by atoms with E-state index >= 15 is 0 Å². The van der Waals surface area contributed by atoms with Crippen molar-refractivity contribution < 1.29 is 9.53 Å². The molecule has 96 valence electrons. The summed E-state index contributed by atoms with van der Waals surface area (Å²) in [6.07, 6.45) is 1.72. The van der Waals surface area contributed by atoms with E-state index in [9.17, 15) is 4.79 Å². The summed E-state index contributed by atoms with van der Waals surface area (Å²) in [5, 5.41) is 0. The summed E-state index contributed by atoms with van der Waals surface area (Å²) in [4.78, 5) is 16.1. The van der Waals surface area contributed by atoms with Gasteiger partial charge in [0.2, 0.25) is 0 Å². The van der Waals surface area contributed by atoms with E-state index in [4.69, 9.17) is 10.5 Å². The van der Waals surface area contributed by atoms with Gasteiger partial charge in [-0.3, -0.25) is 4.98 Å². The van der Waals surface area contributed by atoms with E-state index in [1.807, 2.05) is 38.1 Å². The normalized spacial score (nSPS) is 16.0. The number of nitrogens with zero attached hydrogens (tertiary/aromatic N) is 1. The minimum absolute atomic E-state index is 0.320. The molecule has 2 aromatic rings. The van der Waals surface area contributed by atoms with Crippen LogP contribution in [0.1, 0.15) is 29.8 Å². The molecule has 1 aliphatic rings. The lowest BCUT2D eigenvalue weighted by atomic mass is 9.91. The molecular weight excluding hydrogens is 240 g/mol. The van der Waals surface area contributed by atoms with Crippen LogP contribution >= 0.6 is 0 Å². The zero-order valence-electron chi connectivity index (χ0n) is 10.8. The van der Waals surface area contributed by atoms with Crippen LogP contribution in [0, 0.1) is 0 Å². The Morgan fingerprint density at radius 2 is 1.89 bits per heavy atom. The van der Waals surface area contributed by atoms with E-state index in [1.165, 1.54) is 0 Å². The molecule has 0 saturated heterocycles. The molecule has 1 aromatic heterocycles. The number of benzene rings is 1. The Bertz CT molecular complexity index is 663. The third-order valence-electron chi connectivity index (χ3n) is 3.36. The van der Waals surface area contributed by atoms with Gasteiger partial charge in [-0.25, -0.2) is 4.79 Å². The highest BCUT2D eigenvalue weighted by molar-refractivity contribution is 5.99. The van der Waals surface area contributed by atoms with Crippen LogP contribution < -0.4 is 5.73 Å². The molecule has 0 amide bonds. The standard InChI is InChI=1S/C15H14N2O2/c1-15(2)12-10(14(18)19-15)7-6-9(13(12)16)11-5-3-4-8-17-11/h3-8H,16H2,1-2H3. The van der Waals surface area contributed by atoms with Crippen LogP contribution in [-0.4, -0.2) is 11.0 Å². The summed E-state index contributed by atoms with van der Waals surface area (Å²) >= 11 is 0. The molecule has 0 spiro atoms. The number of pyridine rings is 1. The summed E-state index contributed by atoms with van der Waals surface area (Å²) in [6, 6.07) is 9.22. The number of anilines is 1. The molecular formula is C15H14N2O2. The number of nitrogen functional groups attached to an aromatic ring is 1. The van der Waals surface area contributed by atoms with Gasteiger partial charge in [0.15, 0.2) is 0 Å². The number of aromatic nitrogens is 1. The molecule has 1 aromatic carbocycles. The molecule has 19 heavy (non-hydrogen) atoms. The molecule has 2 N–H and O–H groups in total. The van der Waals surface area contributed by atoms with E-state index in [-0.39, 0.29) is 5.97 Å². The number of carbonyl (C=O) groups is 1. The number of rotatable bonds is 1. The Balaban J connectivity index is 2.25. The fourth-order valence-corrected chi connectivity index (χ4v) is 2.52. The highest BCUT2D eigenvalue weighted by Gasteiger charge is 2.40. The minimum Gasteiger partial charge on any atom is -0.451 e. The maximum atomic E-state index is 11.8. The maximum absolute atomic E-state index is 11.8. The lowest BCUT2D eigenvalue weighted by Gasteiger charge is -2.20. The Labute approximate surface area is 111 Å². The molecule has 2 heterocycles. The molecule has 0 saturated carbocycles. The van der Waals surface area contributed by atoms with Crippen molar-refractivity contribution in [1.82, 2.24) is 4.98 Å². The predicted octanol–water partition coefficient (Wildman–Crippen LogP) is 2.74. The van der Waals surface area contributed by atoms with Gasteiger partial charge in [-0.2, -0.15) is 0 Å². The second-order valence-electron chi connectivity index (χ2n) is 5.06. The van der Waals surface area contributed by atoms with Crippen molar-refractivity contribution in [2.75, 3.05) is 5.73 Å². The van der Waals surface area contributed by atoms with Crippen LogP contribution in [0.4, 0.5) is 5.69 Å². The predicted molar refractivity (Wildman–Crippen MR) is 72.5 cm³/mol. The Kier molecular flexibility index (Phi) is 2.35. The summed E-state index contributed by atoms with van der Waals surface area (Å²) in [5.74, 6) is -0.320. The quantitative estimate of drug-likeness (QED) is 0.627. The van der Waals surface area contributed by atoms with Gasteiger partial charge < -0.3 is 10.5 Å². The summed E-state index contributed by atoms with van der Waals surface area (Å²) in [5.41, 5.74) is 9.01. The molecule has 0 fully saturated rings. The van der Waals surface area contributed by atoms with E-state index < -0.39 is 5.60 Å². The third kappa shape index (κ3) is 1.68. The molecule has 1 aliphatic heterocycles. The van der Waals surface area contributed by atoms with Gasteiger partial charge in [0.05, 0.1) is 11.3 Å². The van der Waals surface area contributed by atoms with E-state index in [1.54, 1.807) is 12.3 Å². The maximum Gasteiger partial charge on any atom is 0.339 e. The lowest BCUT2D eigenvalue weighted by molar-refractivity contribution is 0.00977. The fourth-order valence-electron chi connectivity index (χ4n) is 2.52. The van der Waals surface area contributed by atoms with Gasteiger partial charge in [0, 0.05) is 23.0 Å². The first-order valence-electron chi connectivity index (χ1n) is 6.08. The smallest absolute Gasteiger partial charge is 0.339 e. The van der Waals surface area contributed by atoms with Crippen LogP contribution in [0.15, 0.2) is 36.5 Å². The van der Waals surface area contributed by atoms with E-state index in [0.717, 1.165) is 16.8 Å². The van der Waals surface area contributed by atoms with Crippen LogP contribution in [0.3, 0.4) is 0 Å². The highest BCUT2D eigenvalue weighted by atomic mass is 16.6. The number of fused-ring (bicyclic) bond motifs is 1. The van der Waals surface area contributed by atoms with Gasteiger partial charge >= 0.3 is 5.97 Å². The van der Waals surface area contributed by atoms with E-state index in [0.29, 0.717) is 11.3 Å². The SMILES string of the molecule is CC1(C)OC(=O)c2ccc(-c3ccccn3)c(N)c21. The molecule has 0 radical (unpaired) electrons. The van der Waals surface area contributed by atoms with Gasteiger partial charge in [-0.15, -0.1) is 0 Å². The van der Waals surface area contributed by atoms with Crippen LogP contribution in [0.2, 0.25) is 0 Å². The number of nitrogens with two attached hydrogens (primary N) is 1. The Morgan fingerprint density at radius 3 is 2.58 bits per heavy atom. The topological polar surface area (TPSA) is 65.2 Å². The zero-order valence-corrected chi connectivity index (χ0v) is 10.8. The molecule has 0 atom stereocenters. The van der Waals surface area contributed by atoms with Crippen LogP contribution in [-0.2, 0) is 10.3 Å². The third-order valence-corrected chi connectivity index (χ3v) is 3.36. The first-order chi connectivity index (χ1) is 9.00. The Hall–Kier alpha value is -2.36. The second kappa shape index (κ2) is 3.82. The summed E-state index contributed by atoms with van der Waals surface area (Å²) in [7, 11) is 0. The van der Waals surface area contributed by atoms with Gasteiger partial charge in [-0.05, 0) is 38.1 Å². The Morgan fingerprint density at radius 1 is 1.16 bits per heavy atom. The summed E-state index contributed by atoms with van der Waals surface area (Å²) in [6.45, 7) is 3.69. The van der Waals surface area contributed by atoms with Gasteiger partial charge in [0.25, 0.3) is 0 Å². The molecule has 0 bridgehead atoms. The number of hydrogen-bond acceptors (Lipinski definition) is 4. The number of cyclic esters (lactones) is 1. The van der Waals surface area contributed by atoms with Gasteiger partial charge in [0.1, 0.15) is 5.60 Å². The monoisotopic (exact) mass is 254 g/mol. The van der Waals surface area contributed by atoms with Crippen LogP contribution in [0.25, 0.3) is 11.3 Å². The van der Waals surface area contributed by atoms with Gasteiger partial charge in [-0.1, -0.05) is 6.07 Å². The van der Waals surface area contributed by atoms with E-state index in [2.05, 4.69) is 4.98 Å². The average Bonchev–Trinajstić information content (AvgIpc) is 2.61. The number of ether oxygens (including phenoxy) is 1. The number of esters is 1. The first-order valence-corrected chi connectivity index (χ1v) is 6.08. The van der Waals surface area contributed by atoms with Crippen molar-refractivity contribution >= 4 is 11.7 Å². The van der Waals surface area contributed by atoms with Crippen molar-refractivity contribution in [2.24, 2.45) is 0 Å². The van der Waals surface area contributed by atoms with Crippen molar-refractivity contribution in [2.45, 2.75) is 19.4 Å². The average molecular weight is 254 g/mol. The van der Waals surface area contributed by atoms with Crippen molar-refractivity contribution in [3.8, 4) is 11.3 Å². The lowest BCUT2D eigenvalue weighted by Crippen LogP contribution is -2.18. The van der Waals surface area contributed by atoms with Crippen molar-refractivity contribution in [3.05, 3.63) is 47.7 Å². The molecule has 0 unspecified atom stereocenters. The highest BCUT2D eigenvalue weighted by Crippen LogP contribution is 2.42. The molecule has 4 heteroatoms. The molecule has 0 aliphatic carbocycles. The minimum atomic E-state index is -0.693. The molecule has 4 nitrogen and oxygen atoms in total. The largest absolute Gasteiger partial charge is 0.451 e. The number of hydrogen-bond donors (Lipinski definition) is 1. The zero-order chi connectivity index (χ0) is 13.6.